The summed E-state index contributed by atoms with van der Waals surface area (Å²) in [5.41, 5.74) is 4.30. The van der Waals surface area contributed by atoms with Gasteiger partial charge in [-0.05, 0) is 24.5 Å². The van der Waals surface area contributed by atoms with Gasteiger partial charge in [-0.2, -0.15) is 5.10 Å². The van der Waals surface area contributed by atoms with Crippen molar-refractivity contribution < 1.29 is 0 Å². The summed E-state index contributed by atoms with van der Waals surface area (Å²) in [7, 11) is 0. The predicted octanol–water partition coefficient (Wildman–Crippen LogP) is 2.39. The third kappa shape index (κ3) is 1.20. The van der Waals surface area contributed by atoms with E-state index in [0.717, 1.165) is 16.7 Å². The lowest BCUT2D eigenvalue weighted by Crippen LogP contribution is -1.90. The molecule has 0 saturated carbocycles. The molecule has 3 heteroatoms. The molecule has 0 aliphatic rings. The number of nitrogens with one attached hydrogen (secondary N) is 1. The lowest BCUT2D eigenvalue weighted by molar-refractivity contribution is 0.869. The molecule has 0 saturated heterocycles. The molecule has 0 spiro atoms. The third-order valence-electron chi connectivity index (χ3n) is 2.27. The number of rotatable bonds is 1. The smallest absolute Gasteiger partial charge is 0.114 e. The van der Waals surface area contributed by atoms with Crippen molar-refractivity contribution in [2.45, 2.75) is 26.7 Å². The van der Waals surface area contributed by atoms with E-state index in [-0.39, 0.29) is 0 Å². The highest BCUT2D eigenvalue weighted by Gasteiger charge is 2.09. The summed E-state index contributed by atoms with van der Waals surface area (Å²) in [5.74, 6) is 0.494. The Morgan fingerprint density at radius 1 is 1.31 bits per heavy atom. The van der Waals surface area contributed by atoms with Crippen LogP contribution in [0.5, 0.6) is 0 Å². The number of H-pyrrole nitrogens is 1. The maximum absolute atomic E-state index is 4.29. The van der Waals surface area contributed by atoms with Crippen LogP contribution in [0, 0.1) is 6.92 Å². The van der Waals surface area contributed by atoms with Crippen LogP contribution in [0.1, 0.15) is 31.0 Å². The normalized spacial score (nSPS) is 11.4. The van der Waals surface area contributed by atoms with Crippen molar-refractivity contribution >= 4 is 11.0 Å². The summed E-state index contributed by atoms with van der Waals surface area (Å²) in [6, 6.07) is 2.04. The summed E-state index contributed by atoms with van der Waals surface area (Å²) in [6.45, 7) is 6.32. The van der Waals surface area contributed by atoms with E-state index >= 15 is 0 Å². The topological polar surface area (TPSA) is 41.6 Å². The first-order valence-electron chi connectivity index (χ1n) is 4.49. The fourth-order valence-electron chi connectivity index (χ4n) is 1.52. The third-order valence-corrected chi connectivity index (χ3v) is 2.27. The van der Waals surface area contributed by atoms with Crippen molar-refractivity contribution in [2.24, 2.45) is 0 Å². The second-order valence-electron chi connectivity index (χ2n) is 3.60. The summed E-state index contributed by atoms with van der Waals surface area (Å²) >= 11 is 0. The Bertz CT molecular complexity index is 429. The van der Waals surface area contributed by atoms with E-state index in [1.54, 1.807) is 0 Å². The average molecular weight is 175 g/mol. The molecule has 0 aliphatic carbocycles. The quantitative estimate of drug-likeness (QED) is 0.723. The lowest BCUT2D eigenvalue weighted by Gasteiger charge is -2.04. The highest BCUT2D eigenvalue weighted by atomic mass is 15.1. The van der Waals surface area contributed by atoms with Gasteiger partial charge < -0.3 is 0 Å². The summed E-state index contributed by atoms with van der Waals surface area (Å²) in [4.78, 5) is 4.29. The van der Waals surface area contributed by atoms with Crippen molar-refractivity contribution in [1.29, 1.82) is 0 Å². The fourth-order valence-corrected chi connectivity index (χ4v) is 1.52. The van der Waals surface area contributed by atoms with Gasteiger partial charge in [0.2, 0.25) is 0 Å². The Morgan fingerprint density at radius 2 is 2.08 bits per heavy atom. The molecule has 2 rings (SSSR count). The van der Waals surface area contributed by atoms with Crippen LogP contribution in [-0.2, 0) is 0 Å². The second kappa shape index (κ2) is 2.83. The molecule has 0 radical (unpaired) electrons. The van der Waals surface area contributed by atoms with Gasteiger partial charge in [0.25, 0.3) is 0 Å². The summed E-state index contributed by atoms with van der Waals surface area (Å²) in [5, 5.41) is 7.21. The van der Waals surface area contributed by atoms with Crippen LogP contribution in [0.25, 0.3) is 11.0 Å². The maximum Gasteiger partial charge on any atom is 0.114 e. The van der Waals surface area contributed by atoms with Crippen molar-refractivity contribution in [3.63, 3.8) is 0 Å². The van der Waals surface area contributed by atoms with Gasteiger partial charge in [0.15, 0.2) is 0 Å². The van der Waals surface area contributed by atoms with Gasteiger partial charge in [-0.1, -0.05) is 13.8 Å². The zero-order valence-electron chi connectivity index (χ0n) is 8.13. The van der Waals surface area contributed by atoms with Crippen LogP contribution in [0.3, 0.4) is 0 Å². The molecular formula is C10H13N3. The Hall–Kier alpha value is -1.38. The number of fused-ring (bicyclic) bond motifs is 1. The monoisotopic (exact) mass is 175 g/mol. The van der Waals surface area contributed by atoms with Crippen LogP contribution < -0.4 is 0 Å². The van der Waals surface area contributed by atoms with Gasteiger partial charge in [0.1, 0.15) is 11.0 Å². The summed E-state index contributed by atoms with van der Waals surface area (Å²) < 4.78 is 0. The van der Waals surface area contributed by atoms with Crippen LogP contribution in [0.15, 0.2) is 12.3 Å². The van der Waals surface area contributed by atoms with Crippen LogP contribution >= 0.6 is 0 Å². The van der Waals surface area contributed by atoms with E-state index in [9.17, 15) is 0 Å². The maximum atomic E-state index is 4.29. The molecule has 2 heterocycles. The molecule has 0 atom stereocenters. The Balaban J connectivity index is 2.77. The first kappa shape index (κ1) is 8.23. The number of hydrogen-bond acceptors (Lipinski definition) is 2. The largest absolute Gasteiger partial charge is 0.280 e. The number of pyridine rings is 1. The standard InChI is InChI=1S/C10H13N3/c1-6(2)8-4-5-11-9-7(3)12-13-10(8)9/h4-6H,1-3H3,(H,12,13). The SMILES string of the molecule is Cc1[nH]nc2c(C(C)C)ccnc12. The molecule has 0 aromatic carbocycles. The number of aryl methyl sites for hydroxylation is 1. The lowest BCUT2D eigenvalue weighted by atomic mass is 10.0. The van der Waals surface area contributed by atoms with Crippen LogP contribution in [0.2, 0.25) is 0 Å². The average Bonchev–Trinajstić information content (AvgIpc) is 2.48. The zero-order valence-corrected chi connectivity index (χ0v) is 8.13. The van der Waals surface area contributed by atoms with Crippen LogP contribution in [-0.4, -0.2) is 15.2 Å². The molecular weight excluding hydrogens is 162 g/mol. The molecule has 1 N–H and O–H groups in total. The van der Waals surface area contributed by atoms with Gasteiger partial charge in [-0.25, -0.2) is 0 Å². The van der Waals surface area contributed by atoms with Gasteiger partial charge in [0.05, 0.1) is 5.69 Å². The molecule has 0 aliphatic heterocycles. The molecule has 2 aromatic rings. The minimum atomic E-state index is 0.494. The molecule has 0 fully saturated rings. The Kier molecular flexibility index (Phi) is 1.79. The van der Waals surface area contributed by atoms with Gasteiger partial charge in [-0.15, -0.1) is 0 Å². The van der Waals surface area contributed by atoms with Gasteiger partial charge in [-0.3, -0.25) is 10.1 Å². The van der Waals surface area contributed by atoms with E-state index < -0.39 is 0 Å². The molecule has 0 bridgehead atoms. The van der Waals surface area contributed by atoms with E-state index in [1.807, 2.05) is 19.2 Å². The van der Waals surface area contributed by atoms with Crippen LogP contribution in [0.4, 0.5) is 0 Å². The minimum Gasteiger partial charge on any atom is -0.280 e. The number of aromatic nitrogens is 3. The zero-order chi connectivity index (χ0) is 9.42. The first-order chi connectivity index (χ1) is 6.20. The number of aromatic amines is 1. The fraction of sp³-hybridized carbons (Fsp3) is 0.400. The van der Waals surface area contributed by atoms with E-state index in [2.05, 4.69) is 29.0 Å². The van der Waals surface area contributed by atoms with Gasteiger partial charge in [0, 0.05) is 6.20 Å². The Labute approximate surface area is 77.2 Å². The molecule has 0 unspecified atom stereocenters. The second-order valence-corrected chi connectivity index (χ2v) is 3.60. The van der Waals surface area contributed by atoms with E-state index in [0.29, 0.717) is 5.92 Å². The van der Waals surface area contributed by atoms with Gasteiger partial charge >= 0.3 is 0 Å². The van der Waals surface area contributed by atoms with Crippen molar-refractivity contribution in [2.75, 3.05) is 0 Å². The highest BCUT2D eigenvalue weighted by molar-refractivity contribution is 5.80. The van der Waals surface area contributed by atoms with Crippen molar-refractivity contribution in [3.05, 3.63) is 23.5 Å². The molecule has 3 nitrogen and oxygen atoms in total. The molecule has 0 amide bonds. The Morgan fingerprint density at radius 3 is 2.77 bits per heavy atom. The van der Waals surface area contributed by atoms with E-state index in [4.69, 9.17) is 0 Å². The van der Waals surface area contributed by atoms with Crippen molar-refractivity contribution in [3.8, 4) is 0 Å². The molecule has 2 aromatic heterocycles. The molecule has 13 heavy (non-hydrogen) atoms. The number of hydrogen-bond donors (Lipinski definition) is 1. The predicted molar refractivity (Wildman–Crippen MR) is 52.7 cm³/mol. The minimum absolute atomic E-state index is 0.494. The number of nitrogens with zero attached hydrogens (tertiary/aromatic N) is 2. The first-order valence-corrected chi connectivity index (χ1v) is 4.49. The summed E-state index contributed by atoms with van der Waals surface area (Å²) in [6.07, 6.45) is 1.85. The highest BCUT2D eigenvalue weighted by Crippen LogP contribution is 2.22. The van der Waals surface area contributed by atoms with Crippen molar-refractivity contribution in [1.82, 2.24) is 15.2 Å². The molecule has 68 valence electrons. The van der Waals surface area contributed by atoms with E-state index in [1.165, 1.54) is 5.56 Å².